The number of amides is 1. The average molecular weight is 348 g/mol. The van der Waals surface area contributed by atoms with Gasteiger partial charge in [0.15, 0.2) is 0 Å². The van der Waals surface area contributed by atoms with E-state index in [4.69, 9.17) is 33.0 Å². The first-order valence-corrected chi connectivity index (χ1v) is 7.56. The summed E-state index contributed by atoms with van der Waals surface area (Å²) in [4.78, 5) is 22.4. The van der Waals surface area contributed by atoms with Crippen LogP contribution in [0.1, 0.15) is 33.1 Å². The van der Waals surface area contributed by atoms with Crippen molar-refractivity contribution in [3.8, 4) is 5.75 Å². The number of ether oxygens (including phenoxy) is 1. The molecule has 0 aliphatic carbocycles. The maximum atomic E-state index is 11.8. The summed E-state index contributed by atoms with van der Waals surface area (Å²) in [5, 5.41) is 12.3. The normalized spacial score (nSPS) is 11.1. The highest BCUT2D eigenvalue weighted by atomic mass is 35.5. The van der Waals surface area contributed by atoms with Crippen molar-refractivity contribution >= 4 is 35.1 Å². The summed E-state index contributed by atoms with van der Waals surface area (Å²) in [6.45, 7) is 3.73. The molecular formula is C15H19Cl2NO4. The third kappa shape index (κ3) is 7.00. The Hall–Kier alpha value is -1.46. The molecule has 0 aliphatic rings. The minimum Gasteiger partial charge on any atom is -0.491 e. The lowest BCUT2D eigenvalue weighted by atomic mass is 9.98. The van der Waals surface area contributed by atoms with Gasteiger partial charge in [-0.3, -0.25) is 9.59 Å². The van der Waals surface area contributed by atoms with Crippen LogP contribution in [0, 0.1) is 0 Å². The van der Waals surface area contributed by atoms with Crippen LogP contribution in [0.15, 0.2) is 18.2 Å². The maximum absolute atomic E-state index is 11.8. The summed E-state index contributed by atoms with van der Waals surface area (Å²) < 4.78 is 5.43. The summed E-state index contributed by atoms with van der Waals surface area (Å²) >= 11 is 11.7. The largest absolute Gasteiger partial charge is 0.491 e. The number of halogens is 2. The highest BCUT2D eigenvalue weighted by molar-refractivity contribution is 6.35. The second-order valence-corrected chi connectivity index (χ2v) is 6.34. The van der Waals surface area contributed by atoms with E-state index in [1.165, 1.54) is 0 Å². The molecule has 2 N–H and O–H groups in total. The van der Waals surface area contributed by atoms with E-state index in [0.29, 0.717) is 22.2 Å². The Bertz CT molecular complexity index is 546. The van der Waals surface area contributed by atoms with E-state index in [-0.39, 0.29) is 25.4 Å². The molecule has 0 unspecified atom stereocenters. The molecule has 7 heteroatoms. The molecule has 22 heavy (non-hydrogen) atoms. The van der Waals surface area contributed by atoms with Crippen LogP contribution >= 0.6 is 23.2 Å². The van der Waals surface area contributed by atoms with Crippen LogP contribution in [-0.2, 0) is 9.59 Å². The molecule has 5 nitrogen and oxygen atoms in total. The second kappa shape index (κ2) is 8.25. The standard InChI is InChI=1S/C15H19Cl2NO4/c1-15(2,7-5-14(20)21)18-13(19)6-8-22-12-4-3-10(16)9-11(12)17/h3-4,9H,5-8H2,1-2H3,(H,18,19)(H,20,21). The Labute approximate surface area is 139 Å². The van der Waals surface area contributed by atoms with Crippen LogP contribution in [0.5, 0.6) is 5.75 Å². The zero-order valence-electron chi connectivity index (χ0n) is 12.5. The average Bonchev–Trinajstić information content (AvgIpc) is 2.38. The fourth-order valence-corrected chi connectivity index (χ4v) is 2.23. The quantitative estimate of drug-likeness (QED) is 0.754. The first kappa shape index (κ1) is 18.6. The lowest BCUT2D eigenvalue weighted by Crippen LogP contribution is -2.44. The van der Waals surface area contributed by atoms with E-state index < -0.39 is 11.5 Å². The highest BCUT2D eigenvalue weighted by Gasteiger charge is 2.21. The zero-order valence-corrected chi connectivity index (χ0v) is 14.0. The van der Waals surface area contributed by atoms with Gasteiger partial charge in [-0.1, -0.05) is 23.2 Å². The predicted molar refractivity (Wildman–Crippen MR) is 85.7 cm³/mol. The number of hydrogen-bond donors (Lipinski definition) is 2. The number of carbonyl (C=O) groups is 2. The van der Waals surface area contributed by atoms with Crippen molar-refractivity contribution in [3.05, 3.63) is 28.2 Å². The molecule has 0 saturated carbocycles. The van der Waals surface area contributed by atoms with Crippen molar-refractivity contribution in [2.75, 3.05) is 6.61 Å². The fraction of sp³-hybridized carbons (Fsp3) is 0.467. The summed E-state index contributed by atoms with van der Waals surface area (Å²) in [5.41, 5.74) is -0.576. The number of benzene rings is 1. The smallest absolute Gasteiger partial charge is 0.303 e. The maximum Gasteiger partial charge on any atom is 0.303 e. The van der Waals surface area contributed by atoms with E-state index in [1.54, 1.807) is 32.0 Å². The Morgan fingerprint density at radius 1 is 1.27 bits per heavy atom. The number of carboxylic acids is 1. The summed E-state index contributed by atoms with van der Waals surface area (Å²) in [6, 6.07) is 4.85. The lowest BCUT2D eigenvalue weighted by molar-refractivity contribution is -0.137. The molecule has 0 saturated heterocycles. The number of rotatable bonds is 8. The molecule has 0 spiro atoms. The molecule has 0 aromatic heterocycles. The third-order valence-electron chi connectivity index (χ3n) is 2.92. The van der Waals surface area contributed by atoms with Crippen LogP contribution in [-0.4, -0.2) is 29.1 Å². The molecule has 0 heterocycles. The van der Waals surface area contributed by atoms with E-state index in [0.717, 1.165) is 0 Å². The first-order chi connectivity index (χ1) is 10.2. The second-order valence-electron chi connectivity index (χ2n) is 5.50. The van der Waals surface area contributed by atoms with Crippen LogP contribution in [0.2, 0.25) is 10.0 Å². The van der Waals surface area contributed by atoms with Gasteiger partial charge in [-0.15, -0.1) is 0 Å². The van der Waals surface area contributed by atoms with E-state index in [1.807, 2.05) is 0 Å². The van der Waals surface area contributed by atoms with Crippen LogP contribution in [0.3, 0.4) is 0 Å². The number of aliphatic carboxylic acids is 1. The van der Waals surface area contributed by atoms with E-state index >= 15 is 0 Å². The number of nitrogens with one attached hydrogen (secondary N) is 1. The zero-order chi connectivity index (χ0) is 16.8. The van der Waals surface area contributed by atoms with Gasteiger partial charge in [0.1, 0.15) is 5.75 Å². The summed E-state index contributed by atoms with van der Waals surface area (Å²) in [5.74, 6) is -0.632. The molecule has 0 atom stereocenters. The van der Waals surface area contributed by atoms with Gasteiger partial charge >= 0.3 is 5.97 Å². The van der Waals surface area contributed by atoms with Gasteiger partial charge in [0, 0.05) is 17.0 Å². The molecule has 122 valence electrons. The van der Waals surface area contributed by atoms with Crippen molar-refractivity contribution in [2.45, 2.75) is 38.6 Å². The van der Waals surface area contributed by atoms with Crippen LogP contribution < -0.4 is 10.1 Å². The van der Waals surface area contributed by atoms with Crippen molar-refractivity contribution < 1.29 is 19.4 Å². The van der Waals surface area contributed by atoms with Gasteiger partial charge in [0.2, 0.25) is 5.91 Å². The summed E-state index contributed by atoms with van der Waals surface area (Å²) in [7, 11) is 0. The predicted octanol–water partition coefficient (Wildman–Crippen LogP) is 3.52. The first-order valence-electron chi connectivity index (χ1n) is 6.80. The molecule has 0 bridgehead atoms. The van der Waals surface area contributed by atoms with Crippen molar-refractivity contribution in [1.82, 2.24) is 5.32 Å². The Kier molecular flexibility index (Phi) is 6.97. The van der Waals surface area contributed by atoms with Gasteiger partial charge < -0.3 is 15.2 Å². The summed E-state index contributed by atoms with van der Waals surface area (Å²) in [6.07, 6.45) is 0.511. The number of carbonyl (C=O) groups excluding carboxylic acids is 1. The highest BCUT2D eigenvalue weighted by Crippen LogP contribution is 2.27. The van der Waals surface area contributed by atoms with Gasteiger partial charge in [0.05, 0.1) is 18.1 Å². The van der Waals surface area contributed by atoms with Crippen LogP contribution in [0.25, 0.3) is 0 Å². The van der Waals surface area contributed by atoms with Crippen LogP contribution in [0.4, 0.5) is 0 Å². The molecule has 0 radical (unpaired) electrons. The topological polar surface area (TPSA) is 75.6 Å². The van der Waals surface area contributed by atoms with Gasteiger partial charge in [-0.25, -0.2) is 0 Å². The van der Waals surface area contributed by atoms with Gasteiger partial charge in [-0.05, 0) is 38.5 Å². The fourth-order valence-electron chi connectivity index (χ4n) is 1.77. The SMILES string of the molecule is CC(C)(CCC(=O)O)NC(=O)CCOc1ccc(Cl)cc1Cl. The molecule has 1 aromatic rings. The third-order valence-corrected chi connectivity index (χ3v) is 3.45. The molecule has 1 amide bonds. The molecule has 1 aromatic carbocycles. The Balaban J connectivity index is 2.38. The Morgan fingerprint density at radius 2 is 1.95 bits per heavy atom. The number of carboxylic acid groups (broad SMARTS) is 1. The molecular weight excluding hydrogens is 329 g/mol. The monoisotopic (exact) mass is 347 g/mol. The lowest BCUT2D eigenvalue weighted by Gasteiger charge is -2.25. The van der Waals surface area contributed by atoms with Gasteiger partial charge in [-0.2, -0.15) is 0 Å². The Morgan fingerprint density at radius 3 is 2.55 bits per heavy atom. The van der Waals surface area contributed by atoms with Gasteiger partial charge in [0.25, 0.3) is 0 Å². The molecule has 0 aliphatic heterocycles. The van der Waals surface area contributed by atoms with E-state index in [9.17, 15) is 9.59 Å². The molecule has 1 rings (SSSR count). The van der Waals surface area contributed by atoms with Crippen molar-refractivity contribution in [3.63, 3.8) is 0 Å². The van der Waals surface area contributed by atoms with E-state index in [2.05, 4.69) is 5.32 Å². The minimum atomic E-state index is -0.886. The number of hydrogen-bond acceptors (Lipinski definition) is 3. The van der Waals surface area contributed by atoms with Crippen molar-refractivity contribution in [1.29, 1.82) is 0 Å². The minimum absolute atomic E-state index is 0.00413. The van der Waals surface area contributed by atoms with Crippen molar-refractivity contribution in [2.24, 2.45) is 0 Å². The molecule has 0 fully saturated rings.